The largest absolute Gasteiger partial charge is 0.317 e. The lowest BCUT2D eigenvalue weighted by Gasteiger charge is -2.21. The first kappa shape index (κ1) is 10.4. The Morgan fingerprint density at radius 2 is 2.06 bits per heavy atom. The number of H-pyrrole nitrogens is 1. The van der Waals surface area contributed by atoms with Crippen LogP contribution in [0.4, 0.5) is 0 Å². The van der Waals surface area contributed by atoms with Crippen LogP contribution >= 0.6 is 11.8 Å². The number of aromatic nitrogens is 2. The van der Waals surface area contributed by atoms with Crippen molar-refractivity contribution < 1.29 is 0 Å². The molecule has 2 N–H and O–H groups in total. The summed E-state index contributed by atoms with van der Waals surface area (Å²) in [5.74, 6) is 3.07. The Balaban J connectivity index is 1.96. The van der Waals surface area contributed by atoms with Crippen molar-refractivity contribution in [1.29, 1.82) is 0 Å². The number of hydrogen-bond acceptors (Lipinski definition) is 4. The van der Waals surface area contributed by atoms with Crippen molar-refractivity contribution in [3.8, 4) is 0 Å². The second kappa shape index (κ2) is 4.22. The molecule has 16 heavy (non-hydrogen) atoms. The Morgan fingerprint density at radius 3 is 2.88 bits per heavy atom. The van der Waals surface area contributed by atoms with Crippen LogP contribution in [0.15, 0.2) is 4.79 Å². The quantitative estimate of drug-likeness (QED) is 0.764. The third kappa shape index (κ3) is 1.78. The van der Waals surface area contributed by atoms with Crippen LogP contribution in [-0.2, 0) is 11.5 Å². The molecule has 2 aliphatic heterocycles. The predicted molar refractivity (Wildman–Crippen MR) is 64.7 cm³/mol. The second-order valence-electron chi connectivity index (χ2n) is 4.39. The first-order valence-corrected chi connectivity index (χ1v) is 6.90. The van der Waals surface area contributed by atoms with Gasteiger partial charge in [-0.15, -0.1) is 0 Å². The standard InChI is InChI=1S/C11H15N3OS/c15-11-8-5-16-6-9(8)13-10(14-11)7-1-3-12-4-2-7/h7,12H,1-6H2,(H,13,14,15). The normalized spacial score (nSPS) is 21.0. The molecule has 0 aromatic carbocycles. The van der Waals surface area contributed by atoms with Gasteiger partial charge in [0.15, 0.2) is 0 Å². The van der Waals surface area contributed by atoms with Gasteiger partial charge < -0.3 is 10.3 Å². The molecule has 0 unspecified atom stereocenters. The molecule has 0 spiro atoms. The van der Waals surface area contributed by atoms with Crippen LogP contribution in [0.1, 0.15) is 35.8 Å². The summed E-state index contributed by atoms with van der Waals surface area (Å²) < 4.78 is 0. The molecule has 0 aliphatic carbocycles. The first-order valence-electron chi connectivity index (χ1n) is 5.75. The maximum atomic E-state index is 11.9. The highest BCUT2D eigenvalue weighted by molar-refractivity contribution is 7.98. The number of fused-ring (bicyclic) bond motifs is 1. The molecular weight excluding hydrogens is 222 g/mol. The molecule has 2 aliphatic rings. The van der Waals surface area contributed by atoms with Crippen molar-refractivity contribution in [3.05, 3.63) is 27.4 Å². The number of hydrogen-bond donors (Lipinski definition) is 2. The topological polar surface area (TPSA) is 57.8 Å². The third-order valence-electron chi connectivity index (χ3n) is 3.33. The number of thioether (sulfide) groups is 1. The molecule has 5 heteroatoms. The molecule has 0 amide bonds. The molecule has 0 atom stereocenters. The summed E-state index contributed by atoms with van der Waals surface area (Å²) in [6, 6.07) is 0. The number of nitrogens with one attached hydrogen (secondary N) is 2. The summed E-state index contributed by atoms with van der Waals surface area (Å²) in [5, 5.41) is 3.33. The van der Waals surface area contributed by atoms with Gasteiger partial charge in [0.1, 0.15) is 5.82 Å². The number of aromatic amines is 1. The maximum Gasteiger partial charge on any atom is 0.255 e. The van der Waals surface area contributed by atoms with Crippen LogP contribution in [0.25, 0.3) is 0 Å². The highest BCUT2D eigenvalue weighted by Crippen LogP contribution is 2.28. The molecule has 0 radical (unpaired) electrons. The Morgan fingerprint density at radius 1 is 1.25 bits per heavy atom. The molecule has 4 nitrogen and oxygen atoms in total. The fourth-order valence-corrected chi connectivity index (χ4v) is 3.41. The zero-order chi connectivity index (χ0) is 11.0. The lowest BCUT2D eigenvalue weighted by Crippen LogP contribution is -2.29. The molecule has 86 valence electrons. The highest BCUT2D eigenvalue weighted by Gasteiger charge is 2.22. The summed E-state index contributed by atoms with van der Waals surface area (Å²) in [4.78, 5) is 19.5. The maximum absolute atomic E-state index is 11.9. The fourth-order valence-electron chi connectivity index (χ4n) is 2.37. The van der Waals surface area contributed by atoms with Crippen LogP contribution in [0.5, 0.6) is 0 Å². The fraction of sp³-hybridized carbons (Fsp3) is 0.636. The van der Waals surface area contributed by atoms with E-state index in [2.05, 4.69) is 15.3 Å². The number of rotatable bonds is 1. The molecule has 3 rings (SSSR count). The Kier molecular flexibility index (Phi) is 2.73. The van der Waals surface area contributed by atoms with Crippen LogP contribution in [0.2, 0.25) is 0 Å². The molecule has 1 saturated heterocycles. The van der Waals surface area contributed by atoms with Crippen molar-refractivity contribution in [1.82, 2.24) is 15.3 Å². The molecule has 3 heterocycles. The van der Waals surface area contributed by atoms with Crippen LogP contribution in [0.3, 0.4) is 0 Å². The average Bonchev–Trinajstić information content (AvgIpc) is 2.79. The van der Waals surface area contributed by atoms with Crippen molar-refractivity contribution in [2.24, 2.45) is 0 Å². The van der Waals surface area contributed by atoms with E-state index in [0.717, 1.165) is 54.5 Å². The summed E-state index contributed by atoms with van der Waals surface area (Å²) >= 11 is 1.78. The van der Waals surface area contributed by atoms with Gasteiger partial charge in [0.05, 0.1) is 5.69 Å². The first-order chi connectivity index (χ1) is 7.84. The van der Waals surface area contributed by atoms with Gasteiger partial charge in [-0.2, -0.15) is 11.8 Å². The SMILES string of the molecule is O=c1[nH]c(C2CCNCC2)nc2c1CSC2. The van der Waals surface area contributed by atoms with Gasteiger partial charge in [-0.1, -0.05) is 0 Å². The van der Waals surface area contributed by atoms with Gasteiger partial charge >= 0.3 is 0 Å². The third-order valence-corrected chi connectivity index (χ3v) is 4.30. The van der Waals surface area contributed by atoms with Crippen molar-refractivity contribution in [2.75, 3.05) is 13.1 Å². The van der Waals surface area contributed by atoms with E-state index in [-0.39, 0.29) is 5.56 Å². The van der Waals surface area contributed by atoms with E-state index in [9.17, 15) is 4.79 Å². The second-order valence-corrected chi connectivity index (χ2v) is 5.38. The summed E-state index contributed by atoms with van der Waals surface area (Å²) in [6.45, 7) is 2.06. The van der Waals surface area contributed by atoms with Gasteiger partial charge in [0, 0.05) is 23.0 Å². The van der Waals surface area contributed by atoms with Gasteiger partial charge in [-0.25, -0.2) is 4.98 Å². The molecule has 1 aromatic rings. The lowest BCUT2D eigenvalue weighted by molar-refractivity contribution is 0.443. The van der Waals surface area contributed by atoms with Crippen molar-refractivity contribution in [3.63, 3.8) is 0 Å². The predicted octanol–water partition coefficient (Wildman–Crippen LogP) is 0.984. The van der Waals surface area contributed by atoms with E-state index < -0.39 is 0 Å². The van der Waals surface area contributed by atoms with E-state index in [1.54, 1.807) is 11.8 Å². The summed E-state index contributed by atoms with van der Waals surface area (Å²) in [7, 11) is 0. The zero-order valence-electron chi connectivity index (χ0n) is 9.08. The molecular formula is C11H15N3OS. The van der Waals surface area contributed by atoms with E-state index in [1.807, 2.05) is 0 Å². The number of piperidine rings is 1. The number of nitrogens with zero attached hydrogens (tertiary/aromatic N) is 1. The smallest absolute Gasteiger partial charge is 0.255 e. The Labute approximate surface area is 98.2 Å². The molecule has 0 bridgehead atoms. The minimum Gasteiger partial charge on any atom is -0.317 e. The van der Waals surface area contributed by atoms with E-state index in [4.69, 9.17) is 0 Å². The van der Waals surface area contributed by atoms with Gasteiger partial charge in [0.25, 0.3) is 5.56 Å². The van der Waals surface area contributed by atoms with Crippen LogP contribution in [0, 0.1) is 0 Å². The minimum absolute atomic E-state index is 0.0866. The molecule has 1 aromatic heterocycles. The van der Waals surface area contributed by atoms with Crippen molar-refractivity contribution in [2.45, 2.75) is 30.3 Å². The van der Waals surface area contributed by atoms with Gasteiger partial charge in [-0.05, 0) is 25.9 Å². The van der Waals surface area contributed by atoms with E-state index >= 15 is 0 Å². The van der Waals surface area contributed by atoms with Crippen LogP contribution in [-0.4, -0.2) is 23.1 Å². The van der Waals surface area contributed by atoms with E-state index in [1.165, 1.54) is 0 Å². The Hall–Kier alpha value is -0.810. The summed E-state index contributed by atoms with van der Waals surface area (Å²) in [6.07, 6.45) is 2.16. The zero-order valence-corrected chi connectivity index (χ0v) is 9.90. The highest BCUT2D eigenvalue weighted by atomic mass is 32.2. The van der Waals surface area contributed by atoms with Gasteiger partial charge in [-0.3, -0.25) is 4.79 Å². The van der Waals surface area contributed by atoms with E-state index in [0.29, 0.717) is 5.92 Å². The van der Waals surface area contributed by atoms with Crippen LogP contribution < -0.4 is 10.9 Å². The lowest BCUT2D eigenvalue weighted by atomic mass is 9.97. The van der Waals surface area contributed by atoms with Gasteiger partial charge in [0.2, 0.25) is 0 Å². The Bertz CT molecular complexity index is 451. The minimum atomic E-state index is 0.0866. The summed E-state index contributed by atoms with van der Waals surface area (Å²) in [5.41, 5.74) is 1.99. The molecule has 1 fully saturated rings. The average molecular weight is 237 g/mol. The monoisotopic (exact) mass is 237 g/mol. The van der Waals surface area contributed by atoms with Crippen molar-refractivity contribution >= 4 is 11.8 Å². The molecule has 0 saturated carbocycles.